The number of hydrogen-bond donors (Lipinski definition) is 3. The molecule has 1 saturated heterocycles. The molecule has 0 aliphatic carbocycles. The van der Waals surface area contributed by atoms with Gasteiger partial charge in [0.1, 0.15) is 18.6 Å². The average molecular weight is 256 g/mol. The molecule has 1 heterocycles. The molecule has 0 radical (unpaired) electrons. The number of carbonyl (C=O) groups excluding carboxylic acids is 4. The van der Waals surface area contributed by atoms with Gasteiger partial charge in [0.25, 0.3) is 0 Å². The molecule has 100 valence electrons. The number of primary amides is 1. The van der Waals surface area contributed by atoms with Crippen LogP contribution in [0, 0.1) is 0 Å². The first-order chi connectivity index (χ1) is 8.36. The first-order valence-electron chi connectivity index (χ1n) is 5.57. The molecule has 0 saturated carbocycles. The minimum atomic E-state index is -0.879. The Hall–Kier alpha value is -2.12. The summed E-state index contributed by atoms with van der Waals surface area (Å²) in [5.41, 5.74) is 4.92. The molecular weight excluding hydrogens is 240 g/mol. The van der Waals surface area contributed by atoms with Crippen LogP contribution in [0.4, 0.5) is 4.79 Å². The second-order valence-corrected chi connectivity index (χ2v) is 4.03. The van der Waals surface area contributed by atoms with Gasteiger partial charge in [-0.3, -0.25) is 19.7 Å². The molecule has 5 amide bonds. The molecule has 0 aromatic carbocycles. The summed E-state index contributed by atoms with van der Waals surface area (Å²) in [5, 5.41) is 4.38. The molecule has 1 fully saturated rings. The summed E-state index contributed by atoms with van der Waals surface area (Å²) >= 11 is 0. The van der Waals surface area contributed by atoms with E-state index in [9.17, 15) is 19.2 Å². The molecule has 18 heavy (non-hydrogen) atoms. The first kappa shape index (κ1) is 13.9. The van der Waals surface area contributed by atoms with Crippen LogP contribution in [0.5, 0.6) is 0 Å². The van der Waals surface area contributed by atoms with Crippen LogP contribution >= 0.6 is 0 Å². The summed E-state index contributed by atoms with van der Waals surface area (Å²) in [6, 6.07) is -2.42. The number of nitrogens with two attached hydrogens (primary N) is 1. The fourth-order valence-electron chi connectivity index (χ4n) is 1.83. The van der Waals surface area contributed by atoms with Gasteiger partial charge in [0.2, 0.25) is 17.7 Å². The van der Waals surface area contributed by atoms with Crippen molar-refractivity contribution < 1.29 is 19.2 Å². The third-order valence-electron chi connectivity index (χ3n) is 2.65. The predicted octanol–water partition coefficient (Wildman–Crippen LogP) is -1.69. The lowest BCUT2D eigenvalue weighted by atomic mass is 10.1. The van der Waals surface area contributed by atoms with Gasteiger partial charge in [0.05, 0.1) is 0 Å². The van der Waals surface area contributed by atoms with Crippen LogP contribution in [0.3, 0.4) is 0 Å². The topological polar surface area (TPSA) is 122 Å². The molecule has 0 aromatic heterocycles. The smallest absolute Gasteiger partial charge is 0.312 e. The van der Waals surface area contributed by atoms with E-state index in [1.807, 2.05) is 0 Å². The van der Waals surface area contributed by atoms with Crippen LogP contribution in [-0.4, -0.2) is 47.3 Å². The van der Waals surface area contributed by atoms with Crippen molar-refractivity contribution in [1.82, 2.24) is 15.5 Å². The zero-order chi connectivity index (χ0) is 13.9. The normalized spacial score (nSPS) is 21.2. The molecule has 1 aliphatic rings. The highest BCUT2D eigenvalue weighted by Crippen LogP contribution is 2.10. The number of piperazine rings is 1. The maximum absolute atomic E-state index is 12.0. The van der Waals surface area contributed by atoms with E-state index in [2.05, 4.69) is 10.6 Å². The highest BCUT2D eigenvalue weighted by molar-refractivity contribution is 6.05. The zero-order valence-corrected chi connectivity index (χ0v) is 10.2. The van der Waals surface area contributed by atoms with E-state index in [0.29, 0.717) is 6.42 Å². The molecule has 2 atom stereocenters. The summed E-state index contributed by atoms with van der Waals surface area (Å²) in [6.07, 6.45) is 0.383. The van der Waals surface area contributed by atoms with Crippen molar-refractivity contribution in [3.05, 3.63) is 0 Å². The number of hydrogen-bond acceptors (Lipinski definition) is 4. The number of nitrogens with one attached hydrogen (secondary N) is 2. The van der Waals surface area contributed by atoms with Crippen LogP contribution in [0.25, 0.3) is 0 Å². The monoisotopic (exact) mass is 256 g/mol. The number of urea groups is 1. The Bertz CT molecular complexity index is 395. The Kier molecular flexibility index (Phi) is 4.24. The minimum absolute atomic E-state index is 0.201. The van der Waals surface area contributed by atoms with E-state index in [0.717, 1.165) is 4.90 Å². The summed E-state index contributed by atoms with van der Waals surface area (Å²) in [5.74, 6) is -1.55. The Labute approximate surface area is 104 Å². The summed E-state index contributed by atoms with van der Waals surface area (Å²) in [6.45, 7) is 2.97. The predicted molar refractivity (Wildman–Crippen MR) is 61.1 cm³/mol. The second-order valence-electron chi connectivity index (χ2n) is 4.03. The van der Waals surface area contributed by atoms with Crippen molar-refractivity contribution in [1.29, 1.82) is 0 Å². The van der Waals surface area contributed by atoms with Gasteiger partial charge < -0.3 is 16.0 Å². The third kappa shape index (κ3) is 2.96. The van der Waals surface area contributed by atoms with Gasteiger partial charge in [-0.15, -0.1) is 0 Å². The van der Waals surface area contributed by atoms with Crippen LogP contribution < -0.4 is 16.4 Å². The van der Waals surface area contributed by atoms with Crippen molar-refractivity contribution in [3.8, 4) is 0 Å². The molecule has 0 aromatic rings. The molecule has 4 N–H and O–H groups in total. The fraction of sp³-hybridized carbons (Fsp3) is 0.600. The van der Waals surface area contributed by atoms with E-state index in [1.54, 1.807) is 6.92 Å². The van der Waals surface area contributed by atoms with Gasteiger partial charge in [-0.2, -0.15) is 0 Å². The van der Waals surface area contributed by atoms with Crippen LogP contribution in [0.15, 0.2) is 0 Å². The van der Waals surface area contributed by atoms with Crippen molar-refractivity contribution in [2.45, 2.75) is 32.4 Å². The van der Waals surface area contributed by atoms with Gasteiger partial charge in [-0.05, 0) is 13.3 Å². The molecule has 8 nitrogen and oxygen atoms in total. The Morgan fingerprint density at radius 2 is 2.17 bits per heavy atom. The number of amides is 5. The molecule has 2 unspecified atom stereocenters. The summed E-state index contributed by atoms with van der Waals surface area (Å²) < 4.78 is 0. The van der Waals surface area contributed by atoms with Gasteiger partial charge in [-0.1, -0.05) is 6.92 Å². The van der Waals surface area contributed by atoms with Crippen LogP contribution in [0.2, 0.25) is 0 Å². The number of carbonyl (C=O) groups is 4. The maximum atomic E-state index is 12.0. The number of rotatable bonds is 3. The first-order valence-corrected chi connectivity index (χ1v) is 5.57. The Morgan fingerprint density at radius 3 is 2.67 bits per heavy atom. The van der Waals surface area contributed by atoms with Crippen molar-refractivity contribution in [2.75, 3.05) is 6.54 Å². The van der Waals surface area contributed by atoms with Crippen molar-refractivity contribution in [2.24, 2.45) is 5.73 Å². The summed E-state index contributed by atoms with van der Waals surface area (Å²) in [4.78, 5) is 46.7. The molecular formula is C10H16N4O4. The van der Waals surface area contributed by atoms with Crippen molar-refractivity contribution >= 4 is 23.8 Å². The molecule has 0 bridgehead atoms. The highest BCUT2D eigenvalue weighted by atomic mass is 16.2. The Balaban J connectivity index is 2.83. The SMILES string of the molecule is CCC1C(=O)NC(=O)CN1C(=O)C(C)NC(N)=O. The largest absolute Gasteiger partial charge is 0.352 e. The van der Waals surface area contributed by atoms with Crippen molar-refractivity contribution in [3.63, 3.8) is 0 Å². The molecule has 1 aliphatic heterocycles. The minimum Gasteiger partial charge on any atom is -0.352 e. The van der Waals surface area contributed by atoms with E-state index < -0.39 is 35.8 Å². The summed E-state index contributed by atoms with van der Waals surface area (Å²) in [7, 11) is 0. The lowest BCUT2D eigenvalue weighted by Gasteiger charge is -2.34. The average Bonchev–Trinajstić information content (AvgIpc) is 2.26. The fourth-order valence-corrected chi connectivity index (χ4v) is 1.83. The van der Waals surface area contributed by atoms with Gasteiger partial charge in [-0.25, -0.2) is 4.79 Å². The standard InChI is InChI=1S/C10H16N4O4/c1-3-6-8(16)13-7(15)4-14(6)9(17)5(2)12-10(11)18/h5-6H,3-4H2,1-2H3,(H3,11,12,18)(H,13,15,16). The number of nitrogens with zero attached hydrogens (tertiary/aromatic N) is 1. The highest BCUT2D eigenvalue weighted by Gasteiger charge is 2.37. The third-order valence-corrected chi connectivity index (χ3v) is 2.65. The van der Waals surface area contributed by atoms with E-state index >= 15 is 0 Å². The van der Waals surface area contributed by atoms with E-state index in [1.165, 1.54) is 6.92 Å². The lowest BCUT2D eigenvalue weighted by Crippen LogP contribution is -2.62. The van der Waals surface area contributed by atoms with E-state index in [4.69, 9.17) is 5.73 Å². The quantitative estimate of drug-likeness (QED) is 0.521. The number of imide groups is 1. The maximum Gasteiger partial charge on any atom is 0.312 e. The van der Waals surface area contributed by atoms with Crippen LogP contribution in [-0.2, 0) is 14.4 Å². The lowest BCUT2D eigenvalue weighted by molar-refractivity contribution is -0.150. The van der Waals surface area contributed by atoms with Gasteiger partial charge in [0.15, 0.2) is 0 Å². The zero-order valence-electron chi connectivity index (χ0n) is 10.2. The van der Waals surface area contributed by atoms with Crippen LogP contribution in [0.1, 0.15) is 20.3 Å². The van der Waals surface area contributed by atoms with Gasteiger partial charge in [0, 0.05) is 0 Å². The molecule has 8 heteroatoms. The molecule has 0 spiro atoms. The Morgan fingerprint density at radius 1 is 1.56 bits per heavy atom. The second kappa shape index (κ2) is 5.48. The van der Waals surface area contributed by atoms with E-state index in [-0.39, 0.29) is 6.54 Å². The molecule has 1 rings (SSSR count). The van der Waals surface area contributed by atoms with Gasteiger partial charge >= 0.3 is 6.03 Å².